The van der Waals surface area contributed by atoms with E-state index < -0.39 is 30.2 Å². The summed E-state index contributed by atoms with van der Waals surface area (Å²) in [6.07, 6.45) is -2.30. The number of piperidine rings is 1. The molecule has 1 aliphatic heterocycles. The minimum atomic E-state index is -5.04. The lowest BCUT2D eigenvalue weighted by molar-refractivity contribution is -0.190. The van der Waals surface area contributed by atoms with Crippen molar-refractivity contribution in [3.8, 4) is 0 Å². The van der Waals surface area contributed by atoms with Crippen molar-refractivity contribution in [3.63, 3.8) is 0 Å². The molecule has 0 spiro atoms. The fraction of sp³-hybridized carbons (Fsp3) is 0.303. The van der Waals surface area contributed by atoms with Crippen molar-refractivity contribution in [2.24, 2.45) is 5.73 Å². The number of carbonyl (C=O) groups excluding carboxylic acids is 2. The maximum Gasteiger partial charge on any atom is 0.471 e. The normalized spacial score (nSPS) is 18.0. The van der Waals surface area contributed by atoms with E-state index >= 15 is 0 Å². The molecule has 0 saturated carbocycles. The largest absolute Gasteiger partial charge is 0.471 e. The van der Waals surface area contributed by atoms with Crippen molar-refractivity contribution in [1.82, 2.24) is 14.8 Å². The second-order valence-corrected chi connectivity index (χ2v) is 10.8. The summed E-state index contributed by atoms with van der Waals surface area (Å²) in [4.78, 5) is 33.5. The third-order valence-corrected chi connectivity index (χ3v) is 7.93. The van der Waals surface area contributed by atoms with Crippen molar-refractivity contribution in [2.75, 3.05) is 6.54 Å². The summed E-state index contributed by atoms with van der Waals surface area (Å²) in [6.45, 7) is -0.0201. The van der Waals surface area contributed by atoms with Crippen LogP contribution in [0.1, 0.15) is 29.5 Å². The standard InChI is InChI=1S/C33H33F3N4O2/c34-33(35,36)32(42)40(22-25-15-17-38-30-14-8-7-13-28(25)30)26-16-18-39(27(21-26)19-23-9-3-1-4-10-23)31(41)29(37)20-24-11-5-2-6-12-24/h1-15,17,26-27,29H,16,18-22,37H2/t26-,27+,29-/m0/s1. The number of para-hydroxylation sites is 1. The molecule has 2 amide bonds. The maximum atomic E-state index is 13.9. The Morgan fingerprint density at radius 3 is 2.26 bits per heavy atom. The Balaban J connectivity index is 1.43. The van der Waals surface area contributed by atoms with Crippen molar-refractivity contribution in [2.45, 2.75) is 56.5 Å². The first-order chi connectivity index (χ1) is 20.2. The monoisotopic (exact) mass is 574 g/mol. The average Bonchev–Trinajstić information content (AvgIpc) is 3.00. The van der Waals surface area contributed by atoms with Gasteiger partial charge in [-0.25, -0.2) is 0 Å². The first-order valence-corrected chi connectivity index (χ1v) is 14.0. The molecule has 1 fully saturated rings. The van der Waals surface area contributed by atoms with Gasteiger partial charge in [-0.15, -0.1) is 0 Å². The molecule has 0 unspecified atom stereocenters. The fourth-order valence-electron chi connectivity index (χ4n) is 5.86. The van der Waals surface area contributed by atoms with Crippen molar-refractivity contribution in [1.29, 1.82) is 0 Å². The molecule has 6 nitrogen and oxygen atoms in total. The van der Waals surface area contributed by atoms with E-state index in [0.29, 0.717) is 29.3 Å². The molecular formula is C33H33F3N4O2. The van der Waals surface area contributed by atoms with Gasteiger partial charge >= 0.3 is 12.1 Å². The minimum absolute atomic E-state index is 0.197. The molecule has 2 heterocycles. The van der Waals surface area contributed by atoms with Gasteiger partial charge in [0, 0.05) is 36.8 Å². The van der Waals surface area contributed by atoms with Gasteiger partial charge in [0.05, 0.1) is 11.6 Å². The number of rotatable bonds is 8. The van der Waals surface area contributed by atoms with Crippen LogP contribution in [0.3, 0.4) is 0 Å². The van der Waals surface area contributed by atoms with Crippen molar-refractivity contribution < 1.29 is 22.8 Å². The molecular weight excluding hydrogens is 541 g/mol. The second-order valence-electron chi connectivity index (χ2n) is 10.8. The number of hydrogen-bond donors (Lipinski definition) is 1. The molecule has 4 aromatic rings. The molecule has 42 heavy (non-hydrogen) atoms. The van der Waals surface area contributed by atoms with Crippen LogP contribution in [-0.4, -0.2) is 57.4 Å². The maximum absolute atomic E-state index is 13.9. The minimum Gasteiger partial charge on any atom is -0.338 e. The zero-order chi connectivity index (χ0) is 29.7. The molecule has 0 bridgehead atoms. The van der Waals surface area contributed by atoms with E-state index in [1.54, 1.807) is 41.4 Å². The molecule has 218 valence electrons. The summed E-state index contributed by atoms with van der Waals surface area (Å²) in [5.41, 5.74) is 9.49. The van der Waals surface area contributed by atoms with Gasteiger partial charge in [-0.1, -0.05) is 78.9 Å². The number of carbonyl (C=O) groups is 2. The van der Waals surface area contributed by atoms with Gasteiger partial charge in [0.2, 0.25) is 5.91 Å². The molecule has 9 heteroatoms. The summed E-state index contributed by atoms with van der Waals surface area (Å²) < 4.78 is 41.8. The Morgan fingerprint density at radius 2 is 1.57 bits per heavy atom. The van der Waals surface area contributed by atoms with Crippen LogP contribution in [0.4, 0.5) is 13.2 Å². The number of fused-ring (bicyclic) bond motifs is 1. The van der Waals surface area contributed by atoms with E-state index in [2.05, 4.69) is 4.98 Å². The van der Waals surface area contributed by atoms with Crippen LogP contribution in [0.2, 0.25) is 0 Å². The predicted molar refractivity (Wildman–Crippen MR) is 155 cm³/mol. The van der Waals surface area contributed by atoms with Gasteiger partial charge in [0.15, 0.2) is 0 Å². The molecule has 1 aromatic heterocycles. The van der Waals surface area contributed by atoms with Crippen molar-refractivity contribution in [3.05, 3.63) is 114 Å². The second kappa shape index (κ2) is 12.7. The van der Waals surface area contributed by atoms with Gasteiger partial charge in [-0.05, 0) is 54.5 Å². The summed E-state index contributed by atoms with van der Waals surface area (Å²) in [5, 5.41) is 0.695. The number of alkyl halides is 3. The number of halogens is 3. The fourth-order valence-corrected chi connectivity index (χ4v) is 5.86. The van der Waals surface area contributed by atoms with Gasteiger partial charge in [-0.2, -0.15) is 13.2 Å². The first-order valence-electron chi connectivity index (χ1n) is 14.0. The predicted octanol–water partition coefficient (Wildman–Crippen LogP) is 5.30. The molecule has 1 aliphatic rings. The SMILES string of the molecule is N[C@@H](Cc1ccccc1)C(=O)N1CC[C@H](N(Cc2ccnc3ccccc23)C(=O)C(F)(F)F)C[C@H]1Cc1ccccc1. The van der Waals surface area contributed by atoms with E-state index in [1.165, 1.54) is 0 Å². The quantitative estimate of drug-likeness (QED) is 0.310. The highest BCUT2D eigenvalue weighted by molar-refractivity contribution is 5.85. The van der Waals surface area contributed by atoms with E-state index in [1.807, 2.05) is 60.7 Å². The summed E-state index contributed by atoms with van der Waals surface area (Å²) in [7, 11) is 0. The molecule has 1 saturated heterocycles. The number of nitrogens with zero attached hydrogens (tertiary/aromatic N) is 3. The van der Waals surface area contributed by atoms with Crippen LogP contribution in [0, 0.1) is 0 Å². The molecule has 3 atom stereocenters. The molecule has 2 N–H and O–H groups in total. The van der Waals surface area contributed by atoms with Crippen LogP contribution in [0.5, 0.6) is 0 Å². The Hall–Kier alpha value is -4.24. The summed E-state index contributed by atoms with van der Waals surface area (Å²) in [5.74, 6) is -2.13. The Labute approximate surface area is 242 Å². The van der Waals surface area contributed by atoms with E-state index in [0.717, 1.165) is 16.0 Å². The average molecular weight is 575 g/mol. The van der Waals surface area contributed by atoms with E-state index in [9.17, 15) is 22.8 Å². The van der Waals surface area contributed by atoms with Crippen LogP contribution in [-0.2, 0) is 29.0 Å². The summed E-state index contributed by atoms with van der Waals surface area (Å²) in [6, 6.07) is 25.9. The number of aromatic nitrogens is 1. The summed E-state index contributed by atoms with van der Waals surface area (Å²) >= 11 is 0. The van der Waals surface area contributed by atoms with Gasteiger partial charge in [0.1, 0.15) is 0 Å². The Morgan fingerprint density at radius 1 is 0.929 bits per heavy atom. The first kappa shape index (κ1) is 29.3. The molecule has 0 aliphatic carbocycles. The lowest BCUT2D eigenvalue weighted by atomic mass is 9.89. The third kappa shape index (κ3) is 6.79. The third-order valence-electron chi connectivity index (χ3n) is 7.93. The number of hydrogen-bond acceptors (Lipinski definition) is 4. The molecule has 3 aromatic carbocycles. The highest BCUT2D eigenvalue weighted by atomic mass is 19.4. The zero-order valence-electron chi connectivity index (χ0n) is 23.1. The van der Waals surface area contributed by atoms with Crippen LogP contribution in [0.15, 0.2) is 97.2 Å². The van der Waals surface area contributed by atoms with Gasteiger partial charge < -0.3 is 15.5 Å². The smallest absolute Gasteiger partial charge is 0.338 e. The van der Waals surface area contributed by atoms with E-state index in [4.69, 9.17) is 5.73 Å². The number of nitrogens with two attached hydrogens (primary N) is 1. The Bertz CT molecular complexity index is 1510. The van der Waals surface area contributed by atoms with Crippen LogP contribution < -0.4 is 5.73 Å². The van der Waals surface area contributed by atoms with Crippen LogP contribution >= 0.6 is 0 Å². The Kier molecular flexibility index (Phi) is 8.87. The van der Waals surface area contributed by atoms with E-state index in [-0.39, 0.29) is 31.8 Å². The number of likely N-dealkylation sites (tertiary alicyclic amines) is 1. The highest BCUT2D eigenvalue weighted by Crippen LogP contribution is 2.31. The lowest BCUT2D eigenvalue weighted by Crippen LogP contribution is -2.58. The van der Waals surface area contributed by atoms with Crippen molar-refractivity contribution >= 4 is 22.7 Å². The van der Waals surface area contributed by atoms with Gasteiger partial charge in [0.25, 0.3) is 0 Å². The number of amides is 2. The number of pyridine rings is 1. The van der Waals surface area contributed by atoms with Gasteiger partial charge in [-0.3, -0.25) is 14.6 Å². The van der Waals surface area contributed by atoms with Crippen LogP contribution in [0.25, 0.3) is 10.9 Å². The number of benzene rings is 3. The molecule has 0 radical (unpaired) electrons. The lowest BCUT2D eigenvalue weighted by Gasteiger charge is -2.44. The zero-order valence-corrected chi connectivity index (χ0v) is 23.1. The topological polar surface area (TPSA) is 79.5 Å². The molecule has 5 rings (SSSR count). The highest BCUT2D eigenvalue weighted by Gasteiger charge is 2.46.